The van der Waals surface area contributed by atoms with Gasteiger partial charge in [-0.25, -0.2) is 17.6 Å². The molecule has 9 heteroatoms. The van der Waals surface area contributed by atoms with Crippen LogP contribution in [-0.2, 0) is 9.84 Å². The number of carbonyl (C=O) groups is 1. The van der Waals surface area contributed by atoms with Crippen molar-refractivity contribution in [2.24, 2.45) is 0 Å². The second kappa shape index (κ2) is 5.17. The molecule has 2 rings (SSSR count). The fraction of sp³-hybridized carbons (Fsp3) is 0.167. The molecular weight excluding hydrogens is 305 g/mol. The molecule has 0 unspecified atom stereocenters. The van der Waals surface area contributed by atoms with E-state index >= 15 is 0 Å². The average Bonchev–Trinajstić information content (AvgIpc) is 2.86. The van der Waals surface area contributed by atoms with Crippen LogP contribution >= 0.6 is 0 Å². The van der Waals surface area contributed by atoms with Crippen LogP contribution in [0.1, 0.15) is 10.5 Å². The molecule has 0 saturated carbocycles. The second-order valence-corrected chi connectivity index (χ2v) is 6.10. The lowest BCUT2D eigenvalue weighted by Gasteiger charge is -2.09. The maximum absolute atomic E-state index is 14.2. The molecule has 21 heavy (non-hydrogen) atoms. The van der Waals surface area contributed by atoms with Crippen LogP contribution in [-0.4, -0.2) is 38.0 Å². The fourth-order valence-electron chi connectivity index (χ4n) is 1.72. The highest BCUT2D eigenvalue weighted by Gasteiger charge is 2.24. The molecular formula is C12H10FNO6S. The Kier molecular flexibility index (Phi) is 3.69. The molecule has 2 aromatic rings. The van der Waals surface area contributed by atoms with Gasteiger partial charge in [0.1, 0.15) is 4.90 Å². The van der Waals surface area contributed by atoms with Crippen LogP contribution in [0.5, 0.6) is 5.75 Å². The minimum Gasteiger partial charge on any atom is -0.493 e. The van der Waals surface area contributed by atoms with E-state index in [2.05, 4.69) is 5.16 Å². The first-order valence-electron chi connectivity index (χ1n) is 5.52. The summed E-state index contributed by atoms with van der Waals surface area (Å²) in [5.74, 6) is -2.81. The number of hydrogen-bond acceptors (Lipinski definition) is 6. The number of nitrogens with zero attached hydrogens (tertiary/aromatic N) is 1. The largest absolute Gasteiger partial charge is 0.493 e. The molecule has 1 N–H and O–H groups in total. The smallest absolute Gasteiger partial charge is 0.358 e. The normalized spacial score (nSPS) is 11.4. The Morgan fingerprint density at radius 3 is 2.57 bits per heavy atom. The van der Waals surface area contributed by atoms with Gasteiger partial charge >= 0.3 is 5.97 Å². The van der Waals surface area contributed by atoms with E-state index in [1.54, 1.807) is 0 Å². The Labute approximate surface area is 118 Å². The Bertz CT molecular complexity index is 811. The molecule has 0 radical (unpaired) electrons. The van der Waals surface area contributed by atoms with Gasteiger partial charge in [0.2, 0.25) is 0 Å². The molecule has 0 amide bonds. The van der Waals surface area contributed by atoms with Crippen molar-refractivity contribution in [2.45, 2.75) is 4.90 Å². The number of hydrogen-bond donors (Lipinski definition) is 1. The molecule has 1 heterocycles. The summed E-state index contributed by atoms with van der Waals surface area (Å²) in [6.07, 6.45) is 0.863. The summed E-state index contributed by atoms with van der Waals surface area (Å²) in [5.41, 5.74) is -0.304. The minimum absolute atomic E-state index is 0.0526. The maximum Gasteiger partial charge on any atom is 0.358 e. The highest BCUT2D eigenvalue weighted by Crippen LogP contribution is 2.35. The predicted octanol–water partition coefficient (Wildman–Crippen LogP) is 1.59. The van der Waals surface area contributed by atoms with Crippen LogP contribution in [0.25, 0.3) is 11.3 Å². The van der Waals surface area contributed by atoms with Gasteiger partial charge in [-0.3, -0.25) is 0 Å². The molecule has 0 aliphatic rings. The molecule has 0 saturated heterocycles. The molecule has 0 spiro atoms. The van der Waals surface area contributed by atoms with E-state index in [1.165, 1.54) is 6.07 Å². The zero-order valence-corrected chi connectivity index (χ0v) is 11.8. The lowest BCUT2D eigenvalue weighted by atomic mass is 10.1. The van der Waals surface area contributed by atoms with E-state index in [0.717, 1.165) is 25.5 Å². The molecule has 0 aliphatic carbocycles. The first-order chi connectivity index (χ1) is 9.75. The third-order valence-electron chi connectivity index (χ3n) is 2.66. The van der Waals surface area contributed by atoms with Crippen molar-refractivity contribution in [3.8, 4) is 17.1 Å². The van der Waals surface area contributed by atoms with Crippen LogP contribution in [0.15, 0.2) is 27.6 Å². The number of rotatable bonds is 4. The van der Waals surface area contributed by atoms with Gasteiger partial charge in [0.15, 0.2) is 32.9 Å². The number of halogens is 1. The van der Waals surface area contributed by atoms with Crippen LogP contribution in [0.4, 0.5) is 4.39 Å². The predicted molar refractivity (Wildman–Crippen MR) is 68.5 cm³/mol. The highest BCUT2D eigenvalue weighted by atomic mass is 32.2. The van der Waals surface area contributed by atoms with Crippen molar-refractivity contribution in [1.82, 2.24) is 5.16 Å². The van der Waals surface area contributed by atoms with E-state index in [-0.39, 0.29) is 22.8 Å². The van der Waals surface area contributed by atoms with E-state index in [4.69, 9.17) is 14.4 Å². The second-order valence-electron chi connectivity index (χ2n) is 4.11. The molecule has 0 fully saturated rings. The third kappa shape index (κ3) is 2.72. The van der Waals surface area contributed by atoms with E-state index in [1.807, 2.05) is 0 Å². The van der Waals surface area contributed by atoms with Gasteiger partial charge in [-0.2, -0.15) is 0 Å². The molecule has 0 bridgehead atoms. The van der Waals surface area contributed by atoms with Crippen molar-refractivity contribution < 1.29 is 32.0 Å². The minimum atomic E-state index is -3.77. The quantitative estimate of drug-likeness (QED) is 0.913. The SMILES string of the molecule is COc1c(-c2cc(C(=O)O)no2)ccc(S(C)(=O)=O)c1F. The van der Waals surface area contributed by atoms with Gasteiger partial charge in [-0.15, -0.1) is 0 Å². The lowest BCUT2D eigenvalue weighted by Crippen LogP contribution is -2.03. The zero-order valence-electron chi connectivity index (χ0n) is 11.0. The summed E-state index contributed by atoms with van der Waals surface area (Å²) in [7, 11) is -2.61. The number of aromatic nitrogens is 1. The summed E-state index contributed by atoms with van der Waals surface area (Å²) in [4.78, 5) is 10.2. The number of methoxy groups -OCH3 is 1. The van der Waals surface area contributed by atoms with Gasteiger partial charge in [0.25, 0.3) is 0 Å². The Morgan fingerprint density at radius 2 is 2.10 bits per heavy atom. The first kappa shape index (κ1) is 15.0. The topological polar surface area (TPSA) is 107 Å². The van der Waals surface area contributed by atoms with Gasteiger partial charge < -0.3 is 14.4 Å². The lowest BCUT2D eigenvalue weighted by molar-refractivity contribution is 0.0686. The van der Waals surface area contributed by atoms with Crippen molar-refractivity contribution >= 4 is 15.8 Å². The molecule has 7 nitrogen and oxygen atoms in total. The molecule has 1 aromatic heterocycles. The van der Waals surface area contributed by atoms with E-state index < -0.39 is 26.5 Å². The maximum atomic E-state index is 14.2. The standard InChI is InChI=1S/C12H10FNO6S/c1-19-11-6(8-5-7(12(15)16)14-20-8)3-4-9(10(11)13)21(2,17)18/h3-5H,1-2H3,(H,15,16). The third-order valence-corrected chi connectivity index (χ3v) is 3.77. The van der Waals surface area contributed by atoms with E-state index in [9.17, 15) is 17.6 Å². The fourth-order valence-corrected chi connectivity index (χ4v) is 2.45. The Morgan fingerprint density at radius 1 is 1.43 bits per heavy atom. The Hall–Kier alpha value is -2.42. The molecule has 0 atom stereocenters. The van der Waals surface area contributed by atoms with Gasteiger partial charge in [-0.05, 0) is 12.1 Å². The van der Waals surface area contributed by atoms with Crippen LogP contribution < -0.4 is 4.74 Å². The number of benzene rings is 1. The summed E-state index contributed by atoms with van der Waals surface area (Å²) in [6.45, 7) is 0. The summed E-state index contributed by atoms with van der Waals surface area (Å²) >= 11 is 0. The number of sulfone groups is 1. The highest BCUT2D eigenvalue weighted by molar-refractivity contribution is 7.90. The van der Waals surface area contributed by atoms with Crippen molar-refractivity contribution in [1.29, 1.82) is 0 Å². The van der Waals surface area contributed by atoms with Gasteiger partial charge in [0.05, 0.1) is 12.7 Å². The molecule has 1 aromatic carbocycles. The number of carboxylic acids is 1. The Balaban J connectivity index is 2.65. The molecule has 112 valence electrons. The number of carboxylic acid groups (broad SMARTS) is 1. The van der Waals surface area contributed by atoms with Gasteiger partial charge in [0, 0.05) is 12.3 Å². The van der Waals surface area contributed by atoms with Crippen molar-refractivity contribution in [2.75, 3.05) is 13.4 Å². The molecule has 0 aliphatic heterocycles. The van der Waals surface area contributed by atoms with Crippen LogP contribution in [0.3, 0.4) is 0 Å². The average molecular weight is 315 g/mol. The van der Waals surface area contributed by atoms with Crippen molar-refractivity contribution in [3.05, 3.63) is 29.7 Å². The summed E-state index contributed by atoms with van der Waals surface area (Å²) < 4.78 is 46.8. The summed E-state index contributed by atoms with van der Waals surface area (Å²) in [5, 5.41) is 12.1. The first-order valence-corrected chi connectivity index (χ1v) is 7.41. The zero-order chi connectivity index (χ0) is 15.8. The monoisotopic (exact) mass is 315 g/mol. The summed E-state index contributed by atoms with van der Waals surface area (Å²) in [6, 6.07) is 3.38. The van der Waals surface area contributed by atoms with Crippen LogP contribution in [0.2, 0.25) is 0 Å². The van der Waals surface area contributed by atoms with Crippen molar-refractivity contribution in [3.63, 3.8) is 0 Å². The van der Waals surface area contributed by atoms with Crippen LogP contribution in [0, 0.1) is 5.82 Å². The number of ether oxygens (including phenoxy) is 1. The number of aromatic carboxylic acids is 1. The van der Waals surface area contributed by atoms with Gasteiger partial charge in [-0.1, -0.05) is 5.16 Å². The van der Waals surface area contributed by atoms with E-state index in [0.29, 0.717) is 0 Å².